The second kappa shape index (κ2) is 4.16. The zero-order valence-corrected chi connectivity index (χ0v) is 9.07. The topological polar surface area (TPSA) is 77.2 Å². The van der Waals surface area contributed by atoms with Gasteiger partial charge in [-0.3, -0.25) is 4.79 Å². The quantitative estimate of drug-likeness (QED) is 0.767. The van der Waals surface area contributed by atoms with Crippen molar-refractivity contribution in [2.24, 2.45) is 5.73 Å². The van der Waals surface area contributed by atoms with Crippen LogP contribution in [0.2, 0.25) is 0 Å². The number of aromatic nitrogens is 1. The Morgan fingerprint density at radius 1 is 1.60 bits per heavy atom. The predicted molar refractivity (Wildman–Crippen MR) is 57.7 cm³/mol. The van der Waals surface area contributed by atoms with Gasteiger partial charge in [0.25, 0.3) is 0 Å². The Kier molecular flexibility index (Phi) is 3.14. The van der Waals surface area contributed by atoms with Crippen LogP contribution < -0.4 is 15.8 Å². The van der Waals surface area contributed by atoms with Gasteiger partial charge in [0.15, 0.2) is 0 Å². The molecule has 0 spiro atoms. The van der Waals surface area contributed by atoms with Crippen LogP contribution in [0.25, 0.3) is 0 Å². The maximum Gasteiger partial charge on any atom is 0.242 e. The minimum Gasteiger partial charge on any atom is -0.481 e. The molecule has 0 atom stereocenters. The number of primary amides is 1. The number of carbonyl (C=O) groups is 1. The van der Waals surface area contributed by atoms with Crippen molar-refractivity contribution in [1.82, 2.24) is 4.98 Å². The number of rotatable bonds is 4. The molecule has 0 aliphatic rings. The van der Waals surface area contributed by atoms with Gasteiger partial charge in [-0.05, 0) is 19.9 Å². The third-order valence-electron chi connectivity index (χ3n) is 2.02. The van der Waals surface area contributed by atoms with Gasteiger partial charge in [-0.15, -0.1) is 0 Å². The average Bonchev–Trinajstić information content (AvgIpc) is 2.17. The summed E-state index contributed by atoms with van der Waals surface area (Å²) in [5.74, 6) is 0.0681. The molecular weight excluding hydrogens is 194 g/mol. The Morgan fingerprint density at radius 3 is 2.80 bits per heavy atom. The summed E-state index contributed by atoms with van der Waals surface area (Å²) in [5.41, 5.74) is 5.18. The second-order valence-corrected chi connectivity index (χ2v) is 3.70. The Morgan fingerprint density at radius 2 is 2.27 bits per heavy atom. The highest BCUT2D eigenvalue weighted by atomic mass is 16.5. The number of nitrogens with two attached hydrogens (primary N) is 1. The number of ether oxygens (including phenoxy) is 1. The monoisotopic (exact) mass is 209 g/mol. The Balaban J connectivity index is 2.85. The Hall–Kier alpha value is -1.78. The summed E-state index contributed by atoms with van der Waals surface area (Å²) in [7, 11) is 1.53. The lowest BCUT2D eigenvalue weighted by Crippen LogP contribution is -2.45. The average molecular weight is 209 g/mol. The van der Waals surface area contributed by atoms with E-state index in [1.807, 2.05) is 0 Å². The van der Waals surface area contributed by atoms with Crippen molar-refractivity contribution in [3.8, 4) is 5.88 Å². The van der Waals surface area contributed by atoms with Crippen LogP contribution in [0.15, 0.2) is 18.3 Å². The zero-order valence-electron chi connectivity index (χ0n) is 9.07. The fraction of sp³-hybridized carbons (Fsp3) is 0.400. The van der Waals surface area contributed by atoms with E-state index in [-0.39, 0.29) is 0 Å². The van der Waals surface area contributed by atoms with E-state index in [0.717, 1.165) is 5.69 Å². The van der Waals surface area contributed by atoms with Crippen LogP contribution in [-0.4, -0.2) is 23.5 Å². The van der Waals surface area contributed by atoms with Crippen molar-refractivity contribution in [3.05, 3.63) is 18.3 Å². The van der Waals surface area contributed by atoms with Crippen LogP contribution in [0.1, 0.15) is 13.8 Å². The van der Waals surface area contributed by atoms with Gasteiger partial charge < -0.3 is 15.8 Å². The fourth-order valence-electron chi connectivity index (χ4n) is 1.02. The maximum absolute atomic E-state index is 11.1. The number of nitrogens with zero attached hydrogens (tertiary/aromatic N) is 1. The minimum absolute atomic E-state index is 0.418. The molecule has 15 heavy (non-hydrogen) atoms. The lowest BCUT2D eigenvalue weighted by atomic mass is 10.0. The van der Waals surface area contributed by atoms with E-state index in [1.165, 1.54) is 7.11 Å². The van der Waals surface area contributed by atoms with Crippen molar-refractivity contribution >= 4 is 11.6 Å². The van der Waals surface area contributed by atoms with Gasteiger partial charge >= 0.3 is 0 Å². The summed E-state index contributed by atoms with van der Waals surface area (Å²) >= 11 is 0. The first-order valence-corrected chi connectivity index (χ1v) is 4.54. The number of pyridine rings is 1. The summed E-state index contributed by atoms with van der Waals surface area (Å²) in [6.07, 6.45) is 1.60. The van der Waals surface area contributed by atoms with Crippen LogP contribution in [-0.2, 0) is 4.79 Å². The summed E-state index contributed by atoms with van der Waals surface area (Å²) in [4.78, 5) is 15.0. The van der Waals surface area contributed by atoms with E-state index in [0.29, 0.717) is 5.88 Å². The number of carbonyl (C=O) groups excluding carboxylic acids is 1. The van der Waals surface area contributed by atoms with Crippen LogP contribution >= 0.6 is 0 Å². The number of amides is 1. The van der Waals surface area contributed by atoms with Crippen LogP contribution in [0.3, 0.4) is 0 Å². The fourth-order valence-corrected chi connectivity index (χ4v) is 1.02. The van der Waals surface area contributed by atoms with Gasteiger partial charge in [0.1, 0.15) is 5.54 Å². The SMILES string of the molecule is COc1cc(NC(C)(C)C(N)=O)ccn1. The van der Waals surface area contributed by atoms with Crippen molar-refractivity contribution in [2.45, 2.75) is 19.4 Å². The number of methoxy groups -OCH3 is 1. The van der Waals surface area contributed by atoms with Crippen molar-refractivity contribution < 1.29 is 9.53 Å². The maximum atomic E-state index is 11.1. The molecule has 5 nitrogen and oxygen atoms in total. The molecule has 0 aromatic carbocycles. The van der Waals surface area contributed by atoms with Gasteiger partial charge in [-0.2, -0.15) is 0 Å². The molecule has 1 aromatic heterocycles. The minimum atomic E-state index is -0.799. The molecule has 3 N–H and O–H groups in total. The molecule has 0 bridgehead atoms. The molecule has 0 radical (unpaired) electrons. The van der Waals surface area contributed by atoms with Crippen molar-refractivity contribution in [3.63, 3.8) is 0 Å². The standard InChI is InChI=1S/C10H15N3O2/c1-10(2,9(11)14)13-7-4-5-12-8(6-7)15-3/h4-6H,1-3H3,(H2,11,14)(H,12,13). The number of hydrogen-bond donors (Lipinski definition) is 2. The smallest absolute Gasteiger partial charge is 0.242 e. The van der Waals surface area contributed by atoms with E-state index in [1.54, 1.807) is 32.2 Å². The van der Waals surface area contributed by atoms with Gasteiger partial charge in [0, 0.05) is 18.0 Å². The molecule has 1 heterocycles. The first kappa shape index (κ1) is 11.3. The normalized spacial score (nSPS) is 10.9. The highest BCUT2D eigenvalue weighted by Gasteiger charge is 2.24. The molecule has 0 saturated carbocycles. The first-order chi connectivity index (χ1) is 6.95. The summed E-state index contributed by atoms with van der Waals surface area (Å²) < 4.78 is 4.96. The number of nitrogens with one attached hydrogen (secondary N) is 1. The van der Waals surface area contributed by atoms with Crippen molar-refractivity contribution in [2.75, 3.05) is 12.4 Å². The summed E-state index contributed by atoms with van der Waals surface area (Å²) in [5, 5.41) is 3.00. The zero-order chi connectivity index (χ0) is 11.5. The lowest BCUT2D eigenvalue weighted by Gasteiger charge is -2.23. The molecule has 1 aromatic rings. The molecule has 0 unspecified atom stereocenters. The first-order valence-electron chi connectivity index (χ1n) is 4.54. The van der Waals surface area contributed by atoms with Gasteiger partial charge in [0.2, 0.25) is 11.8 Å². The van der Waals surface area contributed by atoms with Crippen LogP contribution in [0.5, 0.6) is 5.88 Å². The molecule has 0 fully saturated rings. The molecule has 5 heteroatoms. The van der Waals surface area contributed by atoms with E-state index < -0.39 is 11.4 Å². The molecule has 0 aliphatic heterocycles. The predicted octanol–water partition coefficient (Wildman–Crippen LogP) is 0.766. The molecule has 1 amide bonds. The largest absolute Gasteiger partial charge is 0.481 e. The Labute approximate surface area is 88.6 Å². The van der Waals surface area contributed by atoms with Crippen molar-refractivity contribution in [1.29, 1.82) is 0 Å². The van der Waals surface area contributed by atoms with Gasteiger partial charge in [0.05, 0.1) is 7.11 Å². The van der Waals surface area contributed by atoms with E-state index in [9.17, 15) is 4.79 Å². The molecule has 0 aliphatic carbocycles. The Bertz CT molecular complexity index is 363. The molecule has 82 valence electrons. The highest BCUT2D eigenvalue weighted by Crippen LogP contribution is 2.17. The third kappa shape index (κ3) is 2.83. The lowest BCUT2D eigenvalue weighted by molar-refractivity contribution is -0.121. The molecule has 0 saturated heterocycles. The second-order valence-electron chi connectivity index (χ2n) is 3.70. The number of hydrogen-bond acceptors (Lipinski definition) is 4. The third-order valence-corrected chi connectivity index (χ3v) is 2.02. The van der Waals surface area contributed by atoms with Crippen LogP contribution in [0, 0.1) is 0 Å². The number of anilines is 1. The van der Waals surface area contributed by atoms with E-state index >= 15 is 0 Å². The van der Waals surface area contributed by atoms with Gasteiger partial charge in [-0.1, -0.05) is 0 Å². The van der Waals surface area contributed by atoms with Gasteiger partial charge in [-0.25, -0.2) is 4.98 Å². The highest BCUT2D eigenvalue weighted by molar-refractivity contribution is 5.86. The summed E-state index contributed by atoms with van der Waals surface area (Å²) in [6, 6.07) is 3.44. The van der Waals surface area contributed by atoms with E-state index in [4.69, 9.17) is 10.5 Å². The van der Waals surface area contributed by atoms with Crippen LogP contribution in [0.4, 0.5) is 5.69 Å². The summed E-state index contributed by atoms with van der Waals surface area (Å²) in [6.45, 7) is 3.42. The molecular formula is C10H15N3O2. The van der Waals surface area contributed by atoms with E-state index in [2.05, 4.69) is 10.3 Å². The molecule has 1 rings (SSSR count).